The van der Waals surface area contributed by atoms with Crippen LogP contribution in [0.5, 0.6) is 0 Å². The van der Waals surface area contributed by atoms with Crippen molar-refractivity contribution in [1.29, 1.82) is 0 Å². The monoisotopic (exact) mass is 269 g/mol. The third kappa shape index (κ3) is 2.21. The minimum Gasteiger partial charge on any atom is -0.481 e. The number of carbonyl (C=O) groups excluding carboxylic acids is 1. The summed E-state index contributed by atoms with van der Waals surface area (Å²) >= 11 is 0. The van der Waals surface area contributed by atoms with Crippen LogP contribution in [0.2, 0.25) is 0 Å². The molecule has 2 rings (SSSR count). The van der Waals surface area contributed by atoms with Gasteiger partial charge in [-0.3, -0.25) is 9.59 Å². The third-order valence-corrected chi connectivity index (χ3v) is 4.30. The molecule has 7 heteroatoms. The molecule has 1 heterocycles. The second-order valence-corrected chi connectivity index (χ2v) is 5.87. The number of carboxylic acid groups (broad SMARTS) is 1. The smallest absolute Gasteiger partial charge is 0.305 e. The highest BCUT2D eigenvalue weighted by Crippen LogP contribution is 2.30. The largest absolute Gasteiger partial charge is 0.481 e. The third-order valence-electron chi connectivity index (χ3n) is 2.65. The van der Waals surface area contributed by atoms with E-state index in [0.29, 0.717) is 0 Å². The van der Waals surface area contributed by atoms with Crippen LogP contribution < -0.4 is 4.90 Å². The van der Waals surface area contributed by atoms with Crippen molar-refractivity contribution in [3.8, 4) is 0 Å². The molecule has 0 aromatic heterocycles. The number of benzene rings is 1. The number of hydrogen-bond donors (Lipinski definition) is 1. The van der Waals surface area contributed by atoms with Crippen LogP contribution in [0.25, 0.3) is 0 Å². The minimum absolute atomic E-state index is 0.0271. The molecule has 0 fully saturated rings. The van der Waals surface area contributed by atoms with Crippen LogP contribution in [0.3, 0.4) is 0 Å². The normalized spacial score (nSPS) is 17.3. The predicted molar refractivity (Wildman–Crippen MR) is 63.1 cm³/mol. The van der Waals surface area contributed by atoms with Crippen LogP contribution in [0.1, 0.15) is 6.42 Å². The van der Waals surface area contributed by atoms with Gasteiger partial charge in [-0.15, -0.1) is 0 Å². The summed E-state index contributed by atoms with van der Waals surface area (Å²) in [5.74, 6) is -2.23. The number of carboxylic acids is 1. The Morgan fingerprint density at radius 1 is 1.33 bits per heavy atom. The Balaban J connectivity index is 2.43. The molecule has 0 spiro atoms. The summed E-state index contributed by atoms with van der Waals surface area (Å²) in [6.45, 7) is -0.0271. The van der Waals surface area contributed by atoms with E-state index in [9.17, 15) is 18.0 Å². The molecule has 0 bridgehead atoms. The van der Waals surface area contributed by atoms with Gasteiger partial charge < -0.3 is 10.0 Å². The molecule has 1 aliphatic heterocycles. The quantitative estimate of drug-likeness (QED) is 0.851. The van der Waals surface area contributed by atoms with E-state index in [1.165, 1.54) is 17.0 Å². The van der Waals surface area contributed by atoms with Gasteiger partial charge in [0.1, 0.15) is 5.75 Å². The van der Waals surface area contributed by atoms with Crippen molar-refractivity contribution in [3.63, 3.8) is 0 Å². The van der Waals surface area contributed by atoms with E-state index in [0.717, 1.165) is 0 Å². The minimum atomic E-state index is -3.60. The number of hydrogen-bond acceptors (Lipinski definition) is 4. The number of aliphatic carboxylic acids is 1. The summed E-state index contributed by atoms with van der Waals surface area (Å²) in [6.07, 6.45) is -0.222. The van der Waals surface area contributed by atoms with Crippen LogP contribution in [-0.4, -0.2) is 37.7 Å². The van der Waals surface area contributed by atoms with Crippen LogP contribution in [-0.2, 0) is 19.4 Å². The molecule has 0 saturated heterocycles. The molecule has 1 aromatic carbocycles. The highest BCUT2D eigenvalue weighted by molar-refractivity contribution is 7.92. The van der Waals surface area contributed by atoms with Gasteiger partial charge in [0.15, 0.2) is 9.84 Å². The summed E-state index contributed by atoms with van der Waals surface area (Å²) in [5, 5.41) is 8.62. The lowest BCUT2D eigenvalue weighted by Gasteiger charge is -2.28. The van der Waals surface area contributed by atoms with Gasteiger partial charge in [0.25, 0.3) is 0 Å². The number of sulfone groups is 1. The van der Waals surface area contributed by atoms with Crippen molar-refractivity contribution in [3.05, 3.63) is 24.3 Å². The second kappa shape index (κ2) is 4.41. The highest BCUT2D eigenvalue weighted by Gasteiger charge is 2.34. The average Bonchev–Trinajstić information content (AvgIpc) is 2.27. The molecule has 0 saturated carbocycles. The first-order chi connectivity index (χ1) is 8.42. The molecular formula is C11H11NO5S. The summed E-state index contributed by atoms with van der Waals surface area (Å²) in [7, 11) is -3.60. The van der Waals surface area contributed by atoms with E-state index in [2.05, 4.69) is 0 Å². The molecule has 0 aliphatic carbocycles. The summed E-state index contributed by atoms with van der Waals surface area (Å²) < 4.78 is 23.6. The first kappa shape index (κ1) is 12.6. The molecule has 6 nitrogen and oxygen atoms in total. The van der Waals surface area contributed by atoms with Crippen molar-refractivity contribution < 1.29 is 23.1 Å². The van der Waals surface area contributed by atoms with Gasteiger partial charge in [-0.2, -0.15) is 0 Å². The molecule has 1 amide bonds. The van der Waals surface area contributed by atoms with E-state index < -0.39 is 27.5 Å². The fourth-order valence-corrected chi connectivity index (χ4v) is 3.27. The Hall–Kier alpha value is -1.89. The van der Waals surface area contributed by atoms with Gasteiger partial charge in [0, 0.05) is 6.54 Å². The number of anilines is 1. The number of para-hydroxylation sites is 1. The van der Waals surface area contributed by atoms with E-state index in [1.54, 1.807) is 12.1 Å². The molecule has 1 aliphatic rings. The summed E-state index contributed by atoms with van der Waals surface area (Å²) in [6, 6.07) is 6.11. The summed E-state index contributed by atoms with van der Waals surface area (Å²) in [5.41, 5.74) is 0.259. The van der Waals surface area contributed by atoms with Crippen molar-refractivity contribution in [1.82, 2.24) is 0 Å². The van der Waals surface area contributed by atoms with Crippen molar-refractivity contribution >= 4 is 27.4 Å². The molecule has 96 valence electrons. The lowest BCUT2D eigenvalue weighted by molar-refractivity contribution is -0.136. The second-order valence-electron chi connectivity index (χ2n) is 3.92. The zero-order valence-corrected chi connectivity index (χ0v) is 10.2. The Bertz CT molecular complexity index is 608. The predicted octanol–water partition coefficient (Wildman–Crippen LogP) is 0.282. The van der Waals surface area contributed by atoms with Crippen molar-refractivity contribution in [2.24, 2.45) is 0 Å². The van der Waals surface area contributed by atoms with Gasteiger partial charge >= 0.3 is 5.97 Å². The van der Waals surface area contributed by atoms with E-state index in [4.69, 9.17) is 5.11 Å². The van der Waals surface area contributed by atoms with Crippen molar-refractivity contribution in [2.45, 2.75) is 11.3 Å². The van der Waals surface area contributed by atoms with E-state index in [-0.39, 0.29) is 23.5 Å². The molecule has 18 heavy (non-hydrogen) atoms. The molecule has 1 N–H and O–H groups in total. The van der Waals surface area contributed by atoms with Crippen LogP contribution in [0, 0.1) is 0 Å². The van der Waals surface area contributed by atoms with Crippen LogP contribution in [0.15, 0.2) is 29.2 Å². The molecule has 1 aromatic rings. The topological polar surface area (TPSA) is 91.8 Å². The standard InChI is InChI=1S/C11H11NO5S/c13-10-7-18(16,17)9-4-2-1-3-8(9)12(10)6-5-11(14)15/h1-4H,5-7H2,(H,14,15). The molecule has 0 radical (unpaired) electrons. The lowest BCUT2D eigenvalue weighted by atomic mass is 10.2. The first-order valence-corrected chi connectivity index (χ1v) is 6.91. The Kier molecular flexibility index (Phi) is 3.08. The number of rotatable bonds is 3. The van der Waals surface area contributed by atoms with Crippen LogP contribution in [0.4, 0.5) is 5.69 Å². The first-order valence-electron chi connectivity index (χ1n) is 5.26. The van der Waals surface area contributed by atoms with Crippen molar-refractivity contribution in [2.75, 3.05) is 17.2 Å². The van der Waals surface area contributed by atoms with E-state index in [1.807, 2.05) is 0 Å². The lowest BCUT2D eigenvalue weighted by Crippen LogP contribution is -2.41. The fraction of sp³-hybridized carbons (Fsp3) is 0.273. The zero-order valence-electron chi connectivity index (χ0n) is 9.37. The Morgan fingerprint density at radius 2 is 2.00 bits per heavy atom. The maximum Gasteiger partial charge on any atom is 0.305 e. The maximum atomic E-state index is 11.8. The molecular weight excluding hydrogens is 258 g/mol. The number of amides is 1. The SMILES string of the molecule is O=C(O)CCN1C(=O)CS(=O)(=O)c2ccccc21. The number of fused-ring (bicyclic) bond motifs is 1. The Labute approximate surface area is 104 Å². The fourth-order valence-electron chi connectivity index (χ4n) is 1.85. The van der Waals surface area contributed by atoms with Crippen LogP contribution >= 0.6 is 0 Å². The number of carbonyl (C=O) groups is 2. The average molecular weight is 269 g/mol. The molecule has 0 atom stereocenters. The van der Waals surface area contributed by atoms with Gasteiger partial charge in [0.2, 0.25) is 5.91 Å². The van der Waals surface area contributed by atoms with Gasteiger partial charge in [-0.1, -0.05) is 12.1 Å². The molecule has 0 unspecified atom stereocenters. The summed E-state index contributed by atoms with van der Waals surface area (Å²) in [4.78, 5) is 23.6. The van der Waals surface area contributed by atoms with E-state index >= 15 is 0 Å². The zero-order chi connectivity index (χ0) is 13.3. The van der Waals surface area contributed by atoms with Gasteiger partial charge in [-0.05, 0) is 12.1 Å². The van der Waals surface area contributed by atoms with Gasteiger partial charge in [0.05, 0.1) is 17.0 Å². The Morgan fingerprint density at radius 3 is 2.67 bits per heavy atom. The number of nitrogens with zero attached hydrogens (tertiary/aromatic N) is 1. The highest BCUT2D eigenvalue weighted by atomic mass is 32.2. The maximum absolute atomic E-state index is 11.8. The van der Waals surface area contributed by atoms with Gasteiger partial charge in [-0.25, -0.2) is 8.42 Å².